The molecule has 0 amide bonds. The van der Waals surface area contributed by atoms with Crippen LogP contribution in [0.2, 0.25) is 0 Å². The molecule has 0 spiro atoms. The quantitative estimate of drug-likeness (QED) is 0.896. The van der Waals surface area contributed by atoms with E-state index in [-0.39, 0.29) is 0 Å². The summed E-state index contributed by atoms with van der Waals surface area (Å²) in [5.41, 5.74) is 3.90. The van der Waals surface area contributed by atoms with Gasteiger partial charge in [-0.15, -0.1) is 0 Å². The van der Waals surface area contributed by atoms with E-state index in [0.29, 0.717) is 12.1 Å². The highest BCUT2D eigenvalue weighted by molar-refractivity contribution is 7.99. The van der Waals surface area contributed by atoms with Gasteiger partial charge in [0.2, 0.25) is 0 Å². The van der Waals surface area contributed by atoms with E-state index in [0.717, 1.165) is 11.8 Å². The zero-order chi connectivity index (χ0) is 14.0. The summed E-state index contributed by atoms with van der Waals surface area (Å²) >= 11 is 2.02. The molecular weight excluding hydrogens is 254 g/mol. The molecule has 1 saturated carbocycles. The summed E-state index contributed by atoms with van der Waals surface area (Å²) in [5.74, 6) is 0. The van der Waals surface area contributed by atoms with Crippen molar-refractivity contribution in [2.75, 3.05) is 6.26 Å². The molecule has 1 N–H and O–H groups in total. The Morgan fingerprint density at radius 3 is 2.68 bits per heavy atom. The minimum absolute atomic E-state index is 0.408. The maximum absolute atomic E-state index is 4.63. The first-order valence-electron chi connectivity index (χ1n) is 7.39. The van der Waals surface area contributed by atoms with Crippen LogP contribution in [-0.4, -0.2) is 27.3 Å². The van der Waals surface area contributed by atoms with Crippen LogP contribution in [0.15, 0.2) is 0 Å². The fourth-order valence-corrected chi connectivity index (χ4v) is 4.18. The van der Waals surface area contributed by atoms with Crippen LogP contribution in [0.4, 0.5) is 0 Å². The lowest BCUT2D eigenvalue weighted by Gasteiger charge is -2.20. The summed E-state index contributed by atoms with van der Waals surface area (Å²) in [6.45, 7) is 9.71. The first-order valence-corrected chi connectivity index (χ1v) is 8.68. The van der Waals surface area contributed by atoms with Gasteiger partial charge in [-0.25, -0.2) is 0 Å². The molecule has 0 saturated heterocycles. The van der Waals surface area contributed by atoms with E-state index in [1.165, 1.54) is 36.2 Å². The van der Waals surface area contributed by atoms with E-state index in [1.807, 2.05) is 11.8 Å². The Kier molecular flexibility index (Phi) is 4.96. The molecular formula is C15H27N3S. The van der Waals surface area contributed by atoms with Crippen molar-refractivity contribution in [3.63, 3.8) is 0 Å². The normalized spacial score (nSPS) is 24.9. The van der Waals surface area contributed by atoms with Gasteiger partial charge in [-0.3, -0.25) is 4.68 Å². The van der Waals surface area contributed by atoms with Crippen LogP contribution in [0.1, 0.15) is 56.1 Å². The van der Waals surface area contributed by atoms with Gasteiger partial charge in [-0.05, 0) is 53.2 Å². The van der Waals surface area contributed by atoms with E-state index in [9.17, 15) is 0 Å². The van der Waals surface area contributed by atoms with E-state index in [2.05, 4.69) is 49.0 Å². The second kappa shape index (κ2) is 6.31. The molecule has 4 heteroatoms. The smallest absolute Gasteiger partial charge is 0.0644 e. The maximum atomic E-state index is 4.63. The third-order valence-corrected chi connectivity index (χ3v) is 5.47. The van der Waals surface area contributed by atoms with Crippen LogP contribution in [0.3, 0.4) is 0 Å². The molecule has 0 bridgehead atoms. The number of hydrogen-bond acceptors (Lipinski definition) is 3. The van der Waals surface area contributed by atoms with Crippen LogP contribution in [0.25, 0.3) is 0 Å². The predicted octanol–water partition coefficient (Wildman–Crippen LogP) is 3.45. The lowest BCUT2D eigenvalue weighted by atomic mass is 10.0. The monoisotopic (exact) mass is 281 g/mol. The minimum atomic E-state index is 0.408. The van der Waals surface area contributed by atoms with Crippen LogP contribution in [0.5, 0.6) is 0 Å². The first-order chi connectivity index (χ1) is 9.06. The van der Waals surface area contributed by atoms with Gasteiger partial charge in [0.15, 0.2) is 0 Å². The summed E-state index contributed by atoms with van der Waals surface area (Å²) in [6.07, 6.45) is 6.22. The van der Waals surface area contributed by atoms with Crippen LogP contribution in [-0.2, 0) is 6.54 Å². The largest absolute Gasteiger partial charge is 0.307 e. The third-order valence-electron chi connectivity index (χ3n) is 4.37. The number of aromatic nitrogens is 2. The number of rotatable bonds is 5. The first kappa shape index (κ1) is 14.9. The van der Waals surface area contributed by atoms with Crippen LogP contribution < -0.4 is 5.32 Å². The second-order valence-corrected chi connectivity index (χ2v) is 6.79. The van der Waals surface area contributed by atoms with Gasteiger partial charge >= 0.3 is 0 Å². The SMILES string of the molecule is CCn1nc(C)c(C(C)NC2CCC(SC)C2)c1C. The van der Waals surface area contributed by atoms with Gasteiger partial charge in [-0.1, -0.05) is 0 Å². The van der Waals surface area contributed by atoms with Gasteiger partial charge in [-0.2, -0.15) is 16.9 Å². The molecule has 1 fully saturated rings. The summed E-state index contributed by atoms with van der Waals surface area (Å²) in [6, 6.07) is 1.09. The lowest BCUT2D eigenvalue weighted by Crippen LogP contribution is -2.30. The fraction of sp³-hybridized carbons (Fsp3) is 0.800. The Hall–Kier alpha value is -0.480. The van der Waals surface area contributed by atoms with Crippen LogP contribution >= 0.6 is 11.8 Å². The maximum Gasteiger partial charge on any atom is 0.0644 e. The predicted molar refractivity (Wildman–Crippen MR) is 83.9 cm³/mol. The Bertz CT molecular complexity index is 427. The number of nitrogens with zero attached hydrogens (tertiary/aromatic N) is 2. The van der Waals surface area contributed by atoms with Crippen molar-refractivity contribution < 1.29 is 0 Å². The molecule has 1 aliphatic carbocycles. The van der Waals surface area contributed by atoms with Crippen molar-refractivity contribution in [2.45, 2.75) is 70.8 Å². The summed E-state index contributed by atoms with van der Waals surface area (Å²) in [4.78, 5) is 0. The standard InChI is InChI=1S/C15H27N3S/c1-6-18-12(4)15(11(3)17-18)10(2)16-13-7-8-14(9-13)19-5/h10,13-14,16H,6-9H2,1-5H3. The molecule has 2 rings (SSSR count). The van der Waals surface area contributed by atoms with Gasteiger partial charge in [0.05, 0.1) is 5.69 Å². The molecule has 1 aromatic rings. The summed E-state index contributed by atoms with van der Waals surface area (Å²) < 4.78 is 2.11. The summed E-state index contributed by atoms with van der Waals surface area (Å²) in [7, 11) is 0. The van der Waals surface area contributed by atoms with E-state index in [4.69, 9.17) is 0 Å². The molecule has 1 heterocycles. The molecule has 0 radical (unpaired) electrons. The molecule has 3 nitrogen and oxygen atoms in total. The Morgan fingerprint density at radius 1 is 1.42 bits per heavy atom. The average molecular weight is 281 g/mol. The zero-order valence-electron chi connectivity index (χ0n) is 12.9. The van der Waals surface area contributed by atoms with E-state index < -0.39 is 0 Å². The van der Waals surface area contributed by atoms with Gasteiger partial charge in [0.1, 0.15) is 0 Å². The molecule has 1 aliphatic rings. The Labute approximate surface area is 121 Å². The number of aryl methyl sites for hydroxylation is 2. The van der Waals surface area contributed by atoms with Crippen molar-refractivity contribution in [1.82, 2.24) is 15.1 Å². The topological polar surface area (TPSA) is 29.9 Å². The average Bonchev–Trinajstić information content (AvgIpc) is 2.93. The molecule has 108 valence electrons. The van der Waals surface area contributed by atoms with Gasteiger partial charge in [0.25, 0.3) is 0 Å². The fourth-order valence-electron chi connectivity index (χ4n) is 3.39. The highest BCUT2D eigenvalue weighted by Gasteiger charge is 2.26. The Balaban J connectivity index is 2.04. The van der Waals surface area contributed by atoms with Crippen molar-refractivity contribution in [3.05, 3.63) is 17.0 Å². The number of nitrogens with one attached hydrogen (secondary N) is 1. The molecule has 3 atom stereocenters. The van der Waals surface area contributed by atoms with Crippen molar-refractivity contribution in [1.29, 1.82) is 0 Å². The third kappa shape index (κ3) is 3.16. The molecule has 1 aromatic heterocycles. The van der Waals surface area contributed by atoms with Gasteiger partial charge < -0.3 is 5.32 Å². The van der Waals surface area contributed by atoms with Crippen molar-refractivity contribution in [2.24, 2.45) is 0 Å². The highest BCUT2D eigenvalue weighted by atomic mass is 32.2. The molecule has 0 aromatic carbocycles. The zero-order valence-corrected chi connectivity index (χ0v) is 13.7. The van der Waals surface area contributed by atoms with Gasteiger partial charge in [0, 0.05) is 35.1 Å². The molecule has 3 unspecified atom stereocenters. The number of hydrogen-bond donors (Lipinski definition) is 1. The van der Waals surface area contributed by atoms with E-state index in [1.54, 1.807) is 0 Å². The number of thioether (sulfide) groups is 1. The Morgan fingerprint density at radius 2 is 2.16 bits per heavy atom. The van der Waals surface area contributed by atoms with Crippen LogP contribution in [0, 0.1) is 13.8 Å². The van der Waals surface area contributed by atoms with Crippen molar-refractivity contribution in [3.8, 4) is 0 Å². The lowest BCUT2D eigenvalue weighted by molar-refractivity contribution is 0.459. The van der Waals surface area contributed by atoms with Crippen molar-refractivity contribution >= 4 is 11.8 Å². The molecule has 19 heavy (non-hydrogen) atoms. The molecule has 0 aliphatic heterocycles. The summed E-state index contributed by atoms with van der Waals surface area (Å²) in [5, 5.41) is 9.29. The second-order valence-electron chi connectivity index (χ2n) is 5.66. The van der Waals surface area contributed by atoms with E-state index >= 15 is 0 Å². The minimum Gasteiger partial charge on any atom is -0.307 e. The highest BCUT2D eigenvalue weighted by Crippen LogP contribution is 2.30.